The van der Waals surface area contributed by atoms with E-state index in [1.165, 1.54) is 10.4 Å². The normalized spacial score (nSPS) is 13.8. The van der Waals surface area contributed by atoms with Crippen molar-refractivity contribution in [1.82, 2.24) is 4.31 Å². The van der Waals surface area contributed by atoms with Crippen LogP contribution in [0.1, 0.15) is 32.8 Å². The average molecular weight is 324 g/mol. The molecular formula is C13H19ClFNO3S. The topological polar surface area (TPSA) is 57.6 Å². The second kappa shape index (κ2) is 6.85. The molecule has 0 amide bonds. The Morgan fingerprint density at radius 2 is 2.00 bits per heavy atom. The number of halogens is 2. The lowest BCUT2D eigenvalue weighted by Gasteiger charge is -2.26. The molecule has 0 aliphatic heterocycles. The van der Waals surface area contributed by atoms with Crippen LogP contribution >= 0.6 is 11.6 Å². The lowest BCUT2D eigenvalue weighted by atomic mass is 10.2. The molecule has 0 bridgehead atoms. The fourth-order valence-corrected chi connectivity index (χ4v) is 4.12. The van der Waals surface area contributed by atoms with Crippen molar-refractivity contribution in [1.29, 1.82) is 0 Å². The fraction of sp³-hybridized carbons (Fsp3) is 0.538. The molecule has 0 heterocycles. The minimum atomic E-state index is -3.99. The quantitative estimate of drug-likeness (QED) is 0.875. The van der Waals surface area contributed by atoms with Gasteiger partial charge in [0.1, 0.15) is 10.7 Å². The molecule has 0 aromatic heterocycles. The highest BCUT2D eigenvalue weighted by Crippen LogP contribution is 2.27. The highest BCUT2D eigenvalue weighted by Gasteiger charge is 2.30. The first kappa shape index (κ1) is 17.4. The predicted octanol–water partition coefficient (Wildman–Crippen LogP) is 2.78. The zero-order valence-corrected chi connectivity index (χ0v) is 13.3. The zero-order valence-electron chi connectivity index (χ0n) is 11.7. The van der Waals surface area contributed by atoms with Crippen LogP contribution in [-0.2, 0) is 16.6 Å². The summed E-state index contributed by atoms with van der Waals surface area (Å²) in [5.41, 5.74) is -0.128. The Morgan fingerprint density at radius 1 is 1.40 bits per heavy atom. The van der Waals surface area contributed by atoms with Crippen molar-refractivity contribution in [2.45, 2.75) is 44.7 Å². The van der Waals surface area contributed by atoms with Crippen LogP contribution in [0.25, 0.3) is 0 Å². The number of hydrogen-bond acceptors (Lipinski definition) is 3. The predicted molar refractivity (Wildman–Crippen MR) is 76.7 cm³/mol. The highest BCUT2D eigenvalue weighted by atomic mass is 35.5. The first-order valence-electron chi connectivity index (χ1n) is 6.40. The summed E-state index contributed by atoms with van der Waals surface area (Å²) in [5, 5.41) is 9.16. The van der Waals surface area contributed by atoms with E-state index >= 15 is 0 Å². The number of rotatable bonds is 6. The van der Waals surface area contributed by atoms with Crippen LogP contribution in [0, 0.1) is 5.82 Å². The number of benzene rings is 1. The van der Waals surface area contributed by atoms with Crippen molar-refractivity contribution < 1.29 is 17.9 Å². The molecule has 0 saturated heterocycles. The first-order chi connectivity index (χ1) is 9.29. The molecular weight excluding hydrogens is 305 g/mol. The Bertz CT molecular complexity index is 577. The molecule has 20 heavy (non-hydrogen) atoms. The van der Waals surface area contributed by atoms with Gasteiger partial charge in [0.05, 0.1) is 6.61 Å². The minimum absolute atomic E-state index is 0.0780. The second-order valence-electron chi connectivity index (χ2n) is 4.50. The summed E-state index contributed by atoms with van der Waals surface area (Å²) in [6.07, 6.45) is 0.613. The van der Waals surface area contributed by atoms with Gasteiger partial charge in [-0.2, -0.15) is 4.31 Å². The molecule has 7 heteroatoms. The summed E-state index contributed by atoms with van der Waals surface area (Å²) < 4.78 is 40.5. The van der Waals surface area contributed by atoms with E-state index in [9.17, 15) is 12.8 Å². The Morgan fingerprint density at radius 3 is 2.45 bits per heavy atom. The molecule has 1 unspecified atom stereocenters. The van der Waals surface area contributed by atoms with Crippen molar-refractivity contribution in [3.8, 4) is 0 Å². The van der Waals surface area contributed by atoms with Gasteiger partial charge in [0, 0.05) is 23.2 Å². The van der Waals surface area contributed by atoms with E-state index < -0.39 is 27.3 Å². The Hall–Kier alpha value is -0.690. The van der Waals surface area contributed by atoms with Crippen LogP contribution in [0.15, 0.2) is 17.0 Å². The standard InChI is InChI=1S/C13H19ClFNO3S/c1-4-9(3)16(5-2)20(18,19)12-7-11(14)6-10(8-17)13(12)15/h6-7,9,17H,4-5,8H2,1-3H3. The van der Waals surface area contributed by atoms with Gasteiger partial charge in [0.15, 0.2) is 0 Å². The van der Waals surface area contributed by atoms with E-state index in [0.29, 0.717) is 6.42 Å². The third-order valence-corrected chi connectivity index (χ3v) is 5.54. The summed E-state index contributed by atoms with van der Waals surface area (Å²) >= 11 is 5.81. The van der Waals surface area contributed by atoms with Gasteiger partial charge in [-0.25, -0.2) is 12.8 Å². The van der Waals surface area contributed by atoms with E-state index in [1.54, 1.807) is 13.8 Å². The van der Waals surface area contributed by atoms with Gasteiger partial charge in [-0.1, -0.05) is 25.4 Å². The van der Waals surface area contributed by atoms with Crippen LogP contribution in [0.3, 0.4) is 0 Å². The maximum atomic E-state index is 14.2. The summed E-state index contributed by atoms with van der Waals surface area (Å²) in [7, 11) is -3.99. The van der Waals surface area contributed by atoms with Gasteiger partial charge < -0.3 is 5.11 Å². The number of aliphatic hydroxyl groups is 1. The summed E-state index contributed by atoms with van der Waals surface area (Å²) in [4.78, 5) is -0.490. The maximum Gasteiger partial charge on any atom is 0.246 e. The number of nitrogens with zero attached hydrogens (tertiary/aromatic N) is 1. The lowest BCUT2D eigenvalue weighted by Crippen LogP contribution is -2.38. The van der Waals surface area contributed by atoms with Crippen molar-refractivity contribution in [3.63, 3.8) is 0 Å². The molecule has 4 nitrogen and oxygen atoms in total. The Kier molecular flexibility index (Phi) is 5.94. The third kappa shape index (κ3) is 3.31. The number of aliphatic hydroxyl groups excluding tert-OH is 1. The second-order valence-corrected chi connectivity index (χ2v) is 6.80. The molecule has 1 aromatic carbocycles. The molecule has 114 valence electrons. The third-order valence-electron chi connectivity index (χ3n) is 3.23. The fourth-order valence-electron chi connectivity index (χ4n) is 1.97. The molecule has 0 aliphatic carbocycles. The SMILES string of the molecule is CCC(C)N(CC)S(=O)(=O)c1cc(Cl)cc(CO)c1F. The Labute approximate surface area is 124 Å². The van der Waals surface area contributed by atoms with Crippen molar-refractivity contribution >= 4 is 21.6 Å². The van der Waals surface area contributed by atoms with E-state index in [2.05, 4.69) is 0 Å². The van der Waals surface area contributed by atoms with Crippen LogP contribution in [-0.4, -0.2) is 30.4 Å². The van der Waals surface area contributed by atoms with Crippen molar-refractivity contribution in [3.05, 3.63) is 28.5 Å². The first-order valence-corrected chi connectivity index (χ1v) is 8.21. The number of hydrogen-bond donors (Lipinski definition) is 1. The molecule has 0 saturated carbocycles. The smallest absolute Gasteiger partial charge is 0.246 e. The molecule has 1 N–H and O–H groups in total. The number of sulfonamides is 1. The van der Waals surface area contributed by atoms with Crippen LogP contribution in [0.4, 0.5) is 4.39 Å². The molecule has 0 fully saturated rings. The average Bonchev–Trinajstić information content (AvgIpc) is 2.40. The molecule has 1 atom stereocenters. The monoisotopic (exact) mass is 323 g/mol. The van der Waals surface area contributed by atoms with Gasteiger partial charge in [0.2, 0.25) is 10.0 Å². The highest BCUT2D eigenvalue weighted by molar-refractivity contribution is 7.89. The summed E-state index contributed by atoms with van der Waals surface area (Å²) in [6, 6.07) is 2.05. The largest absolute Gasteiger partial charge is 0.392 e. The van der Waals surface area contributed by atoms with E-state index in [0.717, 1.165) is 6.07 Å². The summed E-state index contributed by atoms with van der Waals surface area (Å²) in [6.45, 7) is 4.94. The van der Waals surface area contributed by atoms with Crippen LogP contribution in [0.5, 0.6) is 0 Å². The van der Waals surface area contributed by atoms with Crippen molar-refractivity contribution in [2.24, 2.45) is 0 Å². The lowest BCUT2D eigenvalue weighted by molar-refractivity contribution is 0.274. The summed E-state index contributed by atoms with van der Waals surface area (Å²) in [5.74, 6) is -0.946. The molecule has 1 aromatic rings. The van der Waals surface area contributed by atoms with Gasteiger partial charge in [0.25, 0.3) is 0 Å². The molecule has 0 aliphatic rings. The van der Waals surface area contributed by atoms with Crippen molar-refractivity contribution in [2.75, 3.05) is 6.54 Å². The van der Waals surface area contributed by atoms with E-state index in [1.807, 2.05) is 6.92 Å². The van der Waals surface area contributed by atoms with Gasteiger partial charge in [-0.05, 0) is 25.5 Å². The molecule has 0 radical (unpaired) electrons. The maximum absolute atomic E-state index is 14.2. The van der Waals surface area contributed by atoms with Gasteiger partial charge >= 0.3 is 0 Å². The van der Waals surface area contributed by atoms with Gasteiger partial charge in [-0.15, -0.1) is 0 Å². The van der Waals surface area contributed by atoms with Gasteiger partial charge in [-0.3, -0.25) is 0 Å². The minimum Gasteiger partial charge on any atom is -0.392 e. The molecule has 0 spiro atoms. The Balaban J connectivity index is 3.45. The van der Waals surface area contributed by atoms with E-state index in [4.69, 9.17) is 16.7 Å². The zero-order chi connectivity index (χ0) is 15.5. The van der Waals surface area contributed by atoms with Crippen LogP contribution < -0.4 is 0 Å². The molecule has 1 rings (SSSR count). The van der Waals surface area contributed by atoms with Crippen LogP contribution in [0.2, 0.25) is 5.02 Å². The van der Waals surface area contributed by atoms with E-state index in [-0.39, 0.29) is 23.2 Å².